The Morgan fingerprint density at radius 3 is 2.55 bits per heavy atom. The van der Waals surface area contributed by atoms with Gasteiger partial charge in [0.25, 0.3) is 5.69 Å². The van der Waals surface area contributed by atoms with E-state index in [1.807, 2.05) is 6.08 Å². The number of hydrogen-bond acceptors (Lipinski definition) is 3. The molecule has 4 heteroatoms. The SMILES string of the molecule is O=C(c1ccccc1[N+](=O)[O-])C1C=c2c(ccc3c2=CCc2ccccc2-3)CC1. The molecule has 0 bridgehead atoms. The number of nitro benzene ring substituents is 1. The number of nitro groups is 1. The van der Waals surface area contributed by atoms with Gasteiger partial charge < -0.3 is 0 Å². The molecule has 0 amide bonds. The Hall–Kier alpha value is -3.53. The van der Waals surface area contributed by atoms with Crippen LogP contribution in [0, 0.1) is 16.0 Å². The Morgan fingerprint density at radius 1 is 0.897 bits per heavy atom. The highest BCUT2D eigenvalue weighted by atomic mass is 16.6. The minimum absolute atomic E-state index is 0.118. The number of fused-ring (bicyclic) bond motifs is 5. The predicted molar refractivity (Wildman–Crippen MR) is 113 cm³/mol. The first-order chi connectivity index (χ1) is 14.1. The second kappa shape index (κ2) is 6.82. The van der Waals surface area contributed by atoms with Gasteiger partial charge in [0.05, 0.1) is 10.5 Å². The predicted octanol–water partition coefficient (Wildman–Crippen LogP) is 3.82. The van der Waals surface area contributed by atoms with Crippen LogP contribution in [-0.4, -0.2) is 10.7 Å². The van der Waals surface area contributed by atoms with Gasteiger partial charge in [-0.2, -0.15) is 0 Å². The monoisotopic (exact) mass is 381 g/mol. The van der Waals surface area contributed by atoms with E-state index >= 15 is 0 Å². The summed E-state index contributed by atoms with van der Waals surface area (Å²) in [7, 11) is 0. The molecule has 2 aliphatic rings. The quantitative estimate of drug-likeness (QED) is 0.394. The summed E-state index contributed by atoms with van der Waals surface area (Å²) in [5, 5.41) is 13.6. The molecule has 0 aromatic heterocycles. The molecule has 0 saturated carbocycles. The van der Waals surface area contributed by atoms with Gasteiger partial charge in [-0.3, -0.25) is 14.9 Å². The lowest BCUT2D eigenvalue weighted by molar-refractivity contribution is -0.385. The number of carbonyl (C=O) groups is 1. The summed E-state index contributed by atoms with van der Waals surface area (Å²) in [6.45, 7) is 0. The van der Waals surface area contributed by atoms with Crippen LogP contribution in [0.4, 0.5) is 5.69 Å². The van der Waals surface area contributed by atoms with Gasteiger partial charge in [0.2, 0.25) is 0 Å². The molecule has 1 unspecified atom stereocenters. The van der Waals surface area contributed by atoms with Gasteiger partial charge in [-0.1, -0.05) is 60.7 Å². The van der Waals surface area contributed by atoms with Crippen molar-refractivity contribution in [1.29, 1.82) is 0 Å². The first-order valence-corrected chi connectivity index (χ1v) is 9.83. The third-order valence-electron chi connectivity index (χ3n) is 6.01. The molecule has 142 valence electrons. The van der Waals surface area contributed by atoms with Crippen LogP contribution in [0.15, 0.2) is 60.7 Å². The van der Waals surface area contributed by atoms with Crippen LogP contribution >= 0.6 is 0 Å². The fourth-order valence-corrected chi connectivity index (χ4v) is 4.57. The summed E-state index contributed by atoms with van der Waals surface area (Å²) < 4.78 is 0. The summed E-state index contributed by atoms with van der Waals surface area (Å²) in [5.74, 6) is -0.516. The molecule has 3 aromatic rings. The summed E-state index contributed by atoms with van der Waals surface area (Å²) in [6, 6.07) is 19.0. The summed E-state index contributed by atoms with van der Waals surface area (Å²) >= 11 is 0. The van der Waals surface area contributed by atoms with E-state index in [0.717, 1.165) is 18.1 Å². The highest BCUT2D eigenvalue weighted by Crippen LogP contribution is 2.27. The van der Waals surface area contributed by atoms with Crippen LogP contribution in [0.25, 0.3) is 23.3 Å². The normalized spacial score (nSPS) is 16.5. The molecule has 0 N–H and O–H groups in total. The summed E-state index contributed by atoms with van der Waals surface area (Å²) in [4.78, 5) is 24.0. The fraction of sp³-hybridized carbons (Fsp3) is 0.160. The third kappa shape index (κ3) is 2.88. The zero-order valence-electron chi connectivity index (χ0n) is 15.8. The van der Waals surface area contributed by atoms with Crippen molar-refractivity contribution in [3.63, 3.8) is 0 Å². The van der Waals surface area contributed by atoms with Gasteiger partial charge in [0, 0.05) is 12.0 Å². The number of para-hydroxylation sites is 1. The number of nitrogens with zero attached hydrogens (tertiary/aromatic N) is 1. The summed E-state index contributed by atoms with van der Waals surface area (Å²) in [6.07, 6.45) is 6.61. The molecule has 0 radical (unpaired) electrons. The lowest BCUT2D eigenvalue weighted by Crippen LogP contribution is -2.37. The molecule has 0 saturated heterocycles. The minimum Gasteiger partial charge on any atom is -0.293 e. The Balaban J connectivity index is 1.64. The van der Waals surface area contributed by atoms with Gasteiger partial charge in [-0.15, -0.1) is 0 Å². The highest BCUT2D eigenvalue weighted by Gasteiger charge is 2.27. The number of benzene rings is 3. The van der Waals surface area contributed by atoms with Gasteiger partial charge in [0.1, 0.15) is 0 Å². The molecule has 4 nitrogen and oxygen atoms in total. The van der Waals surface area contributed by atoms with Crippen LogP contribution in [0.3, 0.4) is 0 Å². The first kappa shape index (κ1) is 17.6. The average Bonchev–Trinajstić information content (AvgIpc) is 2.77. The minimum atomic E-state index is -0.476. The maximum Gasteiger partial charge on any atom is 0.280 e. The van der Waals surface area contributed by atoms with E-state index in [4.69, 9.17) is 0 Å². The maximum atomic E-state index is 13.2. The van der Waals surface area contributed by atoms with Crippen molar-refractivity contribution in [2.45, 2.75) is 19.3 Å². The van der Waals surface area contributed by atoms with Crippen LogP contribution in [0.5, 0.6) is 0 Å². The van der Waals surface area contributed by atoms with Crippen molar-refractivity contribution >= 4 is 23.6 Å². The Morgan fingerprint density at radius 2 is 1.69 bits per heavy atom. The van der Waals surface area contributed by atoms with E-state index < -0.39 is 4.92 Å². The second-order valence-electron chi connectivity index (χ2n) is 7.62. The molecule has 2 aliphatic carbocycles. The van der Waals surface area contributed by atoms with Crippen LogP contribution in [0.1, 0.15) is 27.9 Å². The Labute approximate surface area is 168 Å². The second-order valence-corrected chi connectivity index (χ2v) is 7.62. The lowest BCUT2D eigenvalue weighted by atomic mass is 9.82. The topological polar surface area (TPSA) is 60.2 Å². The third-order valence-corrected chi connectivity index (χ3v) is 6.01. The number of carbonyl (C=O) groups excluding carboxylic acids is 1. The molecule has 0 spiro atoms. The van der Waals surface area contributed by atoms with Crippen LogP contribution < -0.4 is 10.4 Å². The zero-order chi connectivity index (χ0) is 20.0. The molecule has 3 aromatic carbocycles. The number of aryl methyl sites for hydroxylation is 1. The fourth-order valence-electron chi connectivity index (χ4n) is 4.57. The van der Waals surface area contributed by atoms with E-state index in [2.05, 4.69) is 42.5 Å². The molecule has 0 fully saturated rings. The summed E-state index contributed by atoms with van der Waals surface area (Å²) in [5.41, 5.74) is 5.07. The molecule has 29 heavy (non-hydrogen) atoms. The van der Waals surface area contributed by atoms with E-state index in [0.29, 0.717) is 6.42 Å². The number of Topliss-reactive ketones (excluding diaryl/α,β-unsaturated/α-hetero) is 1. The van der Waals surface area contributed by atoms with Crippen molar-refractivity contribution in [3.8, 4) is 11.1 Å². The van der Waals surface area contributed by atoms with Gasteiger partial charge >= 0.3 is 0 Å². The highest BCUT2D eigenvalue weighted by molar-refractivity contribution is 6.04. The molecule has 0 aliphatic heterocycles. The van der Waals surface area contributed by atoms with Gasteiger partial charge in [0.15, 0.2) is 5.78 Å². The van der Waals surface area contributed by atoms with Crippen molar-refractivity contribution in [1.82, 2.24) is 0 Å². The van der Waals surface area contributed by atoms with E-state index in [-0.39, 0.29) is 23.0 Å². The Kier molecular flexibility index (Phi) is 4.13. The standard InChI is InChI=1S/C25H19NO3/c27-25(22-7-3-4-8-24(22)26(28)29)18-10-9-17-12-13-20-19-6-2-1-5-16(19)11-14-21(20)23(17)15-18/h1-8,12-15,18H,9-11H2. The first-order valence-electron chi connectivity index (χ1n) is 9.83. The number of rotatable bonds is 3. The van der Waals surface area contributed by atoms with E-state index in [9.17, 15) is 14.9 Å². The van der Waals surface area contributed by atoms with Crippen LogP contribution in [0.2, 0.25) is 0 Å². The molecule has 5 rings (SSSR count). The van der Waals surface area contributed by atoms with Crippen molar-refractivity contribution in [2.24, 2.45) is 5.92 Å². The zero-order valence-corrected chi connectivity index (χ0v) is 15.8. The maximum absolute atomic E-state index is 13.2. The van der Waals surface area contributed by atoms with Gasteiger partial charge in [-0.05, 0) is 58.0 Å². The lowest BCUT2D eigenvalue weighted by Gasteiger charge is -2.21. The van der Waals surface area contributed by atoms with Crippen molar-refractivity contribution in [3.05, 3.63) is 97.9 Å². The van der Waals surface area contributed by atoms with Crippen molar-refractivity contribution < 1.29 is 9.72 Å². The van der Waals surface area contributed by atoms with E-state index in [1.54, 1.807) is 18.2 Å². The smallest absolute Gasteiger partial charge is 0.280 e. The van der Waals surface area contributed by atoms with E-state index in [1.165, 1.54) is 33.5 Å². The molecule has 1 atom stereocenters. The Bertz CT molecular complexity index is 1290. The molecule has 0 heterocycles. The molecular weight excluding hydrogens is 362 g/mol. The average molecular weight is 381 g/mol. The number of ketones is 1. The van der Waals surface area contributed by atoms with Crippen LogP contribution in [-0.2, 0) is 12.8 Å². The van der Waals surface area contributed by atoms with Gasteiger partial charge in [-0.25, -0.2) is 0 Å². The number of hydrogen-bond donors (Lipinski definition) is 0. The molecular formula is C25H19NO3. The van der Waals surface area contributed by atoms with Crippen molar-refractivity contribution in [2.75, 3.05) is 0 Å². The largest absolute Gasteiger partial charge is 0.293 e.